The summed E-state index contributed by atoms with van der Waals surface area (Å²) in [7, 11) is 0. The molecule has 1 aliphatic rings. The largest absolute Gasteiger partial charge is 0.463 e. The van der Waals surface area contributed by atoms with Crippen LogP contribution in [0, 0.1) is 0 Å². The van der Waals surface area contributed by atoms with E-state index in [0.29, 0.717) is 0 Å². The maximum atomic E-state index is 9.62. The van der Waals surface area contributed by atoms with Gasteiger partial charge in [-0.2, -0.15) is 0 Å². The van der Waals surface area contributed by atoms with Crippen LogP contribution >= 0.6 is 0 Å². The van der Waals surface area contributed by atoms with E-state index < -0.39 is 5.60 Å². The van der Waals surface area contributed by atoms with E-state index in [1.54, 1.807) is 0 Å². The third-order valence-corrected chi connectivity index (χ3v) is 2.19. The summed E-state index contributed by atoms with van der Waals surface area (Å²) in [5.74, 6) is 1.70. The molecule has 0 aromatic carbocycles. The fourth-order valence-electron chi connectivity index (χ4n) is 1.18. The summed E-state index contributed by atoms with van der Waals surface area (Å²) < 4.78 is 5.41. The fourth-order valence-corrected chi connectivity index (χ4v) is 1.18. The second kappa shape index (κ2) is 2.11. The Morgan fingerprint density at radius 2 is 2.27 bits per heavy atom. The van der Waals surface area contributed by atoms with Crippen LogP contribution in [-0.4, -0.2) is 5.11 Å². The summed E-state index contributed by atoms with van der Waals surface area (Å²) in [6, 6.07) is 3.82. The molecule has 60 valence electrons. The highest BCUT2D eigenvalue weighted by Gasteiger charge is 2.45. The van der Waals surface area contributed by atoms with Gasteiger partial charge in [0.15, 0.2) is 0 Å². The second-order valence-electron chi connectivity index (χ2n) is 3.15. The van der Waals surface area contributed by atoms with Gasteiger partial charge < -0.3 is 9.52 Å². The van der Waals surface area contributed by atoms with Crippen LogP contribution in [0.25, 0.3) is 0 Å². The van der Waals surface area contributed by atoms with E-state index in [9.17, 15) is 5.11 Å². The van der Waals surface area contributed by atoms with E-state index in [1.165, 1.54) is 0 Å². The van der Waals surface area contributed by atoms with Crippen LogP contribution in [0.3, 0.4) is 0 Å². The van der Waals surface area contributed by atoms with E-state index in [-0.39, 0.29) is 0 Å². The molecule has 1 aromatic heterocycles. The van der Waals surface area contributed by atoms with Crippen LogP contribution in [0.15, 0.2) is 16.5 Å². The molecular formula is C9H12O2. The molecule has 1 N–H and O–H groups in total. The van der Waals surface area contributed by atoms with Gasteiger partial charge in [-0.25, -0.2) is 0 Å². The minimum atomic E-state index is -0.604. The first-order valence-corrected chi connectivity index (χ1v) is 4.06. The monoisotopic (exact) mass is 152 g/mol. The van der Waals surface area contributed by atoms with Crippen molar-refractivity contribution in [3.8, 4) is 0 Å². The molecule has 0 bridgehead atoms. The highest BCUT2D eigenvalue weighted by Crippen LogP contribution is 2.45. The van der Waals surface area contributed by atoms with Gasteiger partial charge in [-0.3, -0.25) is 0 Å². The Hall–Kier alpha value is -0.760. The number of hydrogen-bond donors (Lipinski definition) is 1. The minimum absolute atomic E-state index is 0.604. The smallest absolute Gasteiger partial charge is 0.135 e. The lowest BCUT2D eigenvalue weighted by Crippen LogP contribution is -2.01. The topological polar surface area (TPSA) is 33.4 Å². The predicted octanol–water partition coefficient (Wildman–Crippen LogP) is 1.82. The quantitative estimate of drug-likeness (QED) is 0.701. The minimum Gasteiger partial charge on any atom is -0.463 e. The lowest BCUT2D eigenvalue weighted by Gasteiger charge is -2.00. The number of aliphatic hydroxyl groups is 1. The van der Waals surface area contributed by atoms with Crippen LogP contribution in [0.2, 0.25) is 0 Å². The van der Waals surface area contributed by atoms with Gasteiger partial charge in [-0.1, -0.05) is 6.92 Å². The zero-order valence-corrected chi connectivity index (χ0v) is 6.63. The third-order valence-electron chi connectivity index (χ3n) is 2.19. The number of rotatable bonds is 2. The molecule has 0 saturated heterocycles. The van der Waals surface area contributed by atoms with Crippen molar-refractivity contribution in [2.45, 2.75) is 31.8 Å². The number of furan rings is 1. The molecule has 1 saturated carbocycles. The van der Waals surface area contributed by atoms with Crippen molar-refractivity contribution in [1.29, 1.82) is 0 Å². The van der Waals surface area contributed by atoms with Gasteiger partial charge in [-0.05, 0) is 25.0 Å². The molecule has 1 aliphatic carbocycles. The molecule has 0 spiro atoms. The Morgan fingerprint density at radius 1 is 1.55 bits per heavy atom. The summed E-state index contributed by atoms with van der Waals surface area (Å²) in [5.41, 5.74) is -0.604. The molecule has 2 rings (SSSR count). The molecule has 0 amide bonds. The predicted molar refractivity (Wildman–Crippen MR) is 41.2 cm³/mol. The zero-order valence-electron chi connectivity index (χ0n) is 6.63. The van der Waals surface area contributed by atoms with Gasteiger partial charge in [0.2, 0.25) is 0 Å². The highest BCUT2D eigenvalue weighted by molar-refractivity contribution is 5.19. The second-order valence-corrected chi connectivity index (χ2v) is 3.15. The Morgan fingerprint density at radius 3 is 2.73 bits per heavy atom. The van der Waals surface area contributed by atoms with E-state index in [4.69, 9.17) is 4.42 Å². The highest BCUT2D eigenvalue weighted by atomic mass is 16.4. The average molecular weight is 152 g/mol. The van der Waals surface area contributed by atoms with Gasteiger partial charge in [0.1, 0.15) is 17.1 Å². The van der Waals surface area contributed by atoms with Crippen LogP contribution in [0.4, 0.5) is 0 Å². The molecule has 2 heteroatoms. The van der Waals surface area contributed by atoms with Crippen LogP contribution < -0.4 is 0 Å². The van der Waals surface area contributed by atoms with Gasteiger partial charge in [0.25, 0.3) is 0 Å². The molecule has 0 atom stereocenters. The van der Waals surface area contributed by atoms with Crippen molar-refractivity contribution < 1.29 is 9.52 Å². The fraction of sp³-hybridized carbons (Fsp3) is 0.556. The maximum absolute atomic E-state index is 9.62. The van der Waals surface area contributed by atoms with Crippen LogP contribution in [0.5, 0.6) is 0 Å². The van der Waals surface area contributed by atoms with E-state index >= 15 is 0 Å². The van der Waals surface area contributed by atoms with Crippen LogP contribution in [0.1, 0.15) is 31.3 Å². The van der Waals surface area contributed by atoms with Gasteiger partial charge in [-0.15, -0.1) is 0 Å². The van der Waals surface area contributed by atoms with Gasteiger partial charge in [0, 0.05) is 6.42 Å². The van der Waals surface area contributed by atoms with E-state index in [2.05, 4.69) is 0 Å². The maximum Gasteiger partial charge on any atom is 0.135 e. The first-order chi connectivity index (χ1) is 5.24. The third kappa shape index (κ3) is 1.07. The van der Waals surface area contributed by atoms with Gasteiger partial charge >= 0.3 is 0 Å². The molecule has 1 aromatic rings. The van der Waals surface area contributed by atoms with Crippen molar-refractivity contribution >= 4 is 0 Å². The SMILES string of the molecule is CCc1ccc(C2(O)CC2)o1. The van der Waals surface area contributed by atoms with Crippen molar-refractivity contribution in [3.63, 3.8) is 0 Å². The Bertz CT molecular complexity index is 258. The van der Waals surface area contributed by atoms with Gasteiger partial charge in [0.05, 0.1) is 0 Å². The summed E-state index contributed by atoms with van der Waals surface area (Å²) in [4.78, 5) is 0. The Kier molecular flexibility index (Phi) is 1.33. The molecule has 1 fully saturated rings. The van der Waals surface area contributed by atoms with Crippen LogP contribution in [-0.2, 0) is 12.0 Å². The Labute approximate surface area is 65.8 Å². The zero-order chi connectivity index (χ0) is 7.90. The summed E-state index contributed by atoms with van der Waals surface area (Å²) in [6.45, 7) is 2.04. The number of aryl methyl sites for hydroxylation is 1. The van der Waals surface area contributed by atoms with E-state index in [1.807, 2.05) is 19.1 Å². The van der Waals surface area contributed by atoms with Crippen molar-refractivity contribution in [2.24, 2.45) is 0 Å². The standard InChI is InChI=1S/C9H12O2/c1-2-7-3-4-8(11-7)9(10)5-6-9/h3-4,10H,2,5-6H2,1H3. The summed E-state index contributed by atoms with van der Waals surface area (Å²) in [5, 5.41) is 9.62. The lowest BCUT2D eigenvalue weighted by atomic mass is 10.2. The molecule has 1 heterocycles. The first kappa shape index (κ1) is 6.92. The Balaban J connectivity index is 2.25. The molecule has 0 unspecified atom stereocenters. The summed E-state index contributed by atoms with van der Waals surface area (Å²) in [6.07, 6.45) is 2.60. The molecular weight excluding hydrogens is 140 g/mol. The van der Waals surface area contributed by atoms with Crippen molar-refractivity contribution in [3.05, 3.63) is 23.7 Å². The lowest BCUT2D eigenvalue weighted by molar-refractivity contribution is 0.121. The molecule has 2 nitrogen and oxygen atoms in total. The average Bonchev–Trinajstić information content (AvgIpc) is 2.61. The summed E-state index contributed by atoms with van der Waals surface area (Å²) >= 11 is 0. The molecule has 11 heavy (non-hydrogen) atoms. The molecule has 0 aliphatic heterocycles. The first-order valence-electron chi connectivity index (χ1n) is 4.06. The van der Waals surface area contributed by atoms with E-state index in [0.717, 1.165) is 30.8 Å². The van der Waals surface area contributed by atoms with Crippen molar-refractivity contribution in [2.75, 3.05) is 0 Å². The normalized spacial score (nSPS) is 20.2. The number of hydrogen-bond acceptors (Lipinski definition) is 2. The molecule has 0 radical (unpaired) electrons. The van der Waals surface area contributed by atoms with Crippen molar-refractivity contribution in [1.82, 2.24) is 0 Å².